The van der Waals surface area contributed by atoms with Crippen molar-refractivity contribution >= 4 is 22.9 Å². The van der Waals surface area contributed by atoms with Crippen LogP contribution < -0.4 is 10.6 Å². The van der Waals surface area contributed by atoms with Gasteiger partial charge in [0.25, 0.3) is 0 Å². The van der Waals surface area contributed by atoms with Crippen molar-refractivity contribution < 1.29 is 20.1 Å². The van der Waals surface area contributed by atoms with Crippen molar-refractivity contribution in [2.75, 3.05) is 23.8 Å². The Bertz CT molecular complexity index is 1640. The molecule has 1 saturated heterocycles. The summed E-state index contributed by atoms with van der Waals surface area (Å²) in [6.07, 6.45) is -3.18. The van der Waals surface area contributed by atoms with E-state index >= 15 is 0 Å². The Hall–Kier alpha value is -4.50. The lowest BCUT2D eigenvalue weighted by molar-refractivity contribution is -0.0384. The molecule has 6 rings (SSSR count). The van der Waals surface area contributed by atoms with Gasteiger partial charge in [0.15, 0.2) is 29.3 Å². The van der Waals surface area contributed by atoms with Crippen molar-refractivity contribution in [3.05, 3.63) is 83.9 Å². The predicted octanol–water partition coefficient (Wildman–Crippen LogP) is 2.01. The molecule has 0 amide bonds. The van der Waals surface area contributed by atoms with Crippen LogP contribution in [0.1, 0.15) is 49.0 Å². The molecule has 1 fully saturated rings. The number of aliphatic hydroxyl groups is 3. The van der Waals surface area contributed by atoms with Crippen LogP contribution in [-0.2, 0) is 11.8 Å². The molecule has 44 heavy (non-hydrogen) atoms. The number of nitrogens with zero attached hydrogens (tertiary/aromatic N) is 8. The molecule has 4 heterocycles. The second-order valence-electron chi connectivity index (χ2n) is 11.2. The summed E-state index contributed by atoms with van der Waals surface area (Å²) >= 11 is 0. The van der Waals surface area contributed by atoms with Crippen LogP contribution in [-0.4, -0.2) is 86.4 Å². The average molecular weight is 601 g/mol. The fraction of sp³-hybridized carbons (Fsp3) is 0.400. The third-order valence-electron chi connectivity index (χ3n) is 7.91. The lowest BCUT2D eigenvalue weighted by Gasteiger charge is -2.22. The van der Waals surface area contributed by atoms with E-state index < -0.39 is 24.5 Å². The van der Waals surface area contributed by atoms with Crippen LogP contribution in [0.4, 0.5) is 11.8 Å². The van der Waals surface area contributed by atoms with E-state index in [4.69, 9.17) is 14.7 Å². The molecule has 1 aliphatic heterocycles. The van der Waals surface area contributed by atoms with Gasteiger partial charge in [-0.2, -0.15) is 14.8 Å². The molecule has 5 aromatic rings. The molecule has 14 nitrogen and oxygen atoms in total. The standard InChI is InChI=1S/C30H36N10O4/c1-17(2)21(15-41)33-30-34-26(31-14-20(18-10-6-4-7-11-18)19-12-8-5-9-13-19)22-28(35-30)40(16-32-22)29-24(43)23(42)25(44-29)27-36-38-39(3)37-27/h4-13,16-17,20-21,23-25,29,41-43H,14-15H2,1-3H3,(H2,31,33,34,35). The topological polar surface area (TPSA) is 181 Å². The molecule has 0 spiro atoms. The summed E-state index contributed by atoms with van der Waals surface area (Å²) in [7, 11) is 1.60. The Morgan fingerprint density at radius 2 is 1.64 bits per heavy atom. The van der Waals surface area contributed by atoms with E-state index in [0.29, 0.717) is 23.5 Å². The summed E-state index contributed by atoms with van der Waals surface area (Å²) in [6.45, 7) is 4.37. The van der Waals surface area contributed by atoms with Gasteiger partial charge < -0.3 is 30.7 Å². The molecule has 0 bridgehead atoms. The molecule has 5 N–H and O–H groups in total. The molecule has 14 heteroatoms. The molecule has 0 radical (unpaired) electrons. The minimum absolute atomic E-state index is 0.0112. The van der Waals surface area contributed by atoms with Crippen molar-refractivity contribution in [1.82, 2.24) is 39.7 Å². The number of tetrazole rings is 1. The van der Waals surface area contributed by atoms with E-state index in [1.807, 2.05) is 50.2 Å². The van der Waals surface area contributed by atoms with Gasteiger partial charge >= 0.3 is 0 Å². The highest BCUT2D eigenvalue weighted by molar-refractivity contribution is 5.84. The second-order valence-corrected chi connectivity index (χ2v) is 11.2. The third-order valence-corrected chi connectivity index (χ3v) is 7.91. The number of aliphatic hydroxyl groups excluding tert-OH is 3. The van der Waals surface area contributed by atoms with Crippen LogP contribution in [0.5, 0.6) is 0 Å². The molecule has 2 aromatic carbocycles. The summed E-state index contributed by atoms with van der Waals surface area (Å²) in [4.78, 5) is 15.3. The van der Waals surface area contributed by atoms with Crippen molar-refractivity contribution in [3.8, 4) is 0 Å². The number of rotatable bonds is 11. The minimum Gasteiger partial charge on any atom is -0.394 e. The lowest BCUT2D eigenvalue weighted by Crippen LogP contribution is -2.31. The van der Waals surface area contributed by atoms with Crippen molar-refractivity contribution in [2.24, 2.45) is 13.0 Å². The number of fused-ring (bicyclic) bond motifs is 1. The first-order chi connectivity index (χ1) is 21.3. The lowest BCUT2D eigenvalue weighted by atomic mass is 9.91. The van der Waals surface area contributed by atoms with Crippen LogP contribution >= 0.6 is 0 Å². The van der Waals surface area contributed by atoms with E-state index in [1.54, 1.807) is 11.6 Å². The Labute approximate surface area is 253 Å². The maximum atomic E-state index is 11.0. The van der Waals surface area contributed by atoms with Gasteiger partial charge in [0, 0.05) is 12.5 Å². The second kappa shape index (κ2) is 12.6. The van der Waals surface area contributed by atoms with Crippen LogP contribution in [0.3, 0.4) is 0 Å². The fourth-order valence-electron chi connectivity index (χ4n) is 5.39. The van der Waals surface area contributed by atoms with Gasteiger partial charge in [-0.15, -0.1) is 10.2 Å². The molecule has 1 aliphatic rings. The highest BCUT2D eigenvalue weighted by Gasteiger charge is 2.47. The fourth-order valence-corrected chi connectivity index (χ4v) is 5.39. The Kier molecular flexibility index (Phi) is 8.48. The first-order valence-electron chi connectivity index (χ1n) is 14.5. The number of hydrogen-bond donors (Lipinski definition) is 5. The van der Waals surface area contributed by atoms with Gasteiger partial charge in [0.1, 0.15) is 12.2 Å². The first-order valence-corrected chi connectivity index (χ1v) is 14.5. The maximum Gasteiger partial charge on any atom is 0.227 e. The Morgan fingerprint density at radius 1 is 0.955 bits per heavy atom. The van der Waals surface area contributed by atoms with Gasteiger partial charge in [-0.25, -0.2) is 4.98 Å². The number of aromatic nitrogens is 8. The Balaban J connectivity index is 1.37. The van der Waals surface area contributed by atoms with Gasteiger partial charge in [-0.1, -0.05) is 74.5 Å². The highest BCUT2D eigenvalue weighted by Crippen LogP contribution is 2.39. The highest BCUT2D eigenvalue weighted by atomic mass is 16.6. The zero-order valence-electron chi connectivity index (χ0n) is 24.6. The molecule has 0 saturated carbocycles. The molecule has 5 atom stereocenters. The number of ether oxygens (including phenoxy) is 1. The van der Waals surface area contributed by atoms with Gasteiger partial charge in [0.2, 0.25) is 11.8 Å². The molecule has 230 valence electrons. The van der Waals surface area contributed by atoms with Gasteiger partial charge in [-0.05, 0) is 22.3 Å². The summed E-state index contributed by atoms with van der Waals surface area (Å²) in [6, 6.07) is 20.1. The predicted molar refractivity (Wildman–Crippen MR) is 162 cm³/mol. The van der Waals surface area contributed by atoms with Crippen LogP contribution in [0.25, 0.3) is 11.2 Å². The summed E-state index contributed by atoms with van der Waals surface area (Å²) in [5, 5.41) is 50.5. The largest absolute Gasteiger partial charge is 0.394 e. The molecule has 3 aromatic heterocycles. The van der Waals surface area contributed by atoms with Crippen molar-refractivity contribution in [1.29, 1.82) is 0 Å². The average Bonchev–Trinajstić information content (AvgIpc) is 3.74. The SMILES string of the molecule is CC(C)C(CO)Nc1nc(NCC(c2ccccc2)c2ccccc2)c2ncn(C3OC(c4nnn(C)n4)C(O)C3O)c2n1. The smallest absolute Gasteiger partial charge is 0.227 e. The third kappa shape index (κ3) is 5.84. The van der Waals surface area contributed by atoms with Crippen LogP contribution in [0.2, 0.25) is 0 Å². The normalized spacial score (nSPS) is 20.9. The number of nitrogens with one attached hydrogen (secondary N) is 2. The van der Waals surface area contributed by atoms with Crippen LogP contribution in [0, 0.1) is 5.92 Å². The maximum absolute atomic E-state index is 11.0. The Morgan fingerprint density at radius 3 is 2.23 bits per heavy atom. The van der Waals surface area contributed by atoms with Crippen molar-refractivity contribution in [2.45, 2.75) is 50.3 Å². The number of imidazole rings is 1. The zero-order chi connectivity index (χ0) is 30.8. The summed E-state index contributed by atoms with van der Waals surface area (Å²) in [5.74, 6) is 0.994. The minimum atomic E-state index is -1.33. The van der Waals surface area contributed by atoms with E-state index in [2.05, 4.69) is 55.3 Å². The quantitative estimate of drug-likeness (QED) is 0.149. The first kappa shape index (κ1) is 29.6. The number of benzene rings is 2. The van der Waals surface area contributed by atoms with E-state index in [1.165, 1.54) is 11.1 Å². The van der Waals surface area contributed by atoms with Crippen LogP contribution in [0.15, 0.2) is 67.0 Å². The van der Waals surface area contributed by atoms with E-state index in [0.717, 1.165) is 11.1 Å². The summed E-state index contributed by atoms with van der Waals surface area (Å²) in [5.41, 5.74) is 3.10. The monoisotopic (exact) mass is 600 g/mol. The molecular weight excluding hydrogens is 564 g/mol. The molecular formula is C30H36N10O4. The van der Waals surface area contributed by atoms with E-state index in [9.17, 15) is 15.3 Å². The molecule has 0 aliphatic carbocycles. The number of anilines is 2. The molecule has 5 unspecified atom stereocenters. The summed E-state index contributed by atoms with van der Waals surface area (Å²) < 4.78 is 7.64. The van der Waals surface area contributed by atoms with Crippen molar-refractivity contribution in [3.63, 3.8) is 0 Å². The zero-order valence-corrected chi connectivity index (χ0v) is 24.6. The number of hydrogen-bond acceptors (Lipinski definition) is 12. The van der Waals surface area contributed by atoms with Gasteiger partial charge in [0.05, 0.1) is 26.0 Å². The van der Waals surface area contributed by atoms with Gasteiger partial charge in [-0.3, -0.25) is 4.57 Å². The number of aryl methyl sites for hydroxylation is 1. The van der Waals surface area contributed by atoms with E-state index in [-0.39, 0.29) is 36.3 Å².